The number of rotatable bonds is 1. The van der Waals surface area contributed by atoms with Crippen LogP contribution in [0.15, 0.2) is 24.3 Å². The molecule has 1 N–H and O–H groups in total. The molecule has 0 unspecified atom stereocenters. The average Bonchev–Trinajstić information content (AvgIpc) is 2.69. The van der Waals surface area contributed by atoms with Crippen molar-refractivity contribution in [3.63, 3.8) is 0 Å². The zero-order chi connectivity index (χ0) is 14.9. The average molecular weight is 298 g/mol. The highest BCUT2D eigenvalue weighted by Crippen LogP contribution is 2.30. The molecular weight excluding hydrogens is 278 g/mol. The molecule has 0 aromatic heterocycles. The fourth-order valence-corrected chi connectivity index (χ4v) is 2.53. The minimum absolute atomic E-state index is 0.124. The van der Waals surface area contributed by atoms with Crippen LogP contribution in [0.1, 0.15) is 32.3 Å². The van der Waals surface area contributed by atoms with Crippen LogP contribution in [0, 0.1) is 0 Å². The van der Waals surface area contributed by atoms with Crippen molar-refractivity contribution < 1.29 is 14.6 Å². The van der Waals surface area contributed by atoms with Crippen molar-refractivity contribution in [1.82, 2.24) is 4.90 Å². The van der Waals surface area contributed by atoms with Gasteiger partial charge in [0.05, 0.1) is 12.6 Å². The second-order valence-electron chi connectivity index (χ2n) is 6.11. The normalized spacial score (nSPS) is 22.9. The highest BCUT2D eigenvalue weighted by Gasteiger charge is 2.36. The van der Waals surface area contributed by atoms with E-state index >= 15 is 0 Å². The largest absolute Gasteiger partial charge is 0.444 e. The molecule has 1 aliphatic rings. The summed E-state index contributed by atoms with van der Waals surface area (Å²) in [6, 6.07) is 7.38. The molecular formula is C15H20ClNO3. The number of aliphatic hydroxyl groups is 1. The molecule has 1 fully saturated rings. The van der Waals surface area contributed by atoms with Crippen molar-refractivity contribution in [3.8, 4) is 0 Å². The Kier molecular flexibility index (Phi) is 4.25. The zero-order valence-corrected chi connectivity index (χ0v) is 12.7. The molecule has 0 saturated carbocycles. The summed E-state index contributed by atoms with van der Waals surface area (Å²) in [6.07, 6.45) is -0.984. The van der Waals surface area contributed by atoms with Gasteiger partial charge in [-0.2, -0.15) is 0 Å². The summed E-state index contributed by atoms with van der Waals surface area (Å²) in [5, 5.41) is 10.8. The molecule has 1 saturated heterocycles. The first-order chi connectivity index (χ1) is 9.26. The van der Waals surface area contributed by atoms with Crippen LogP contribution in [0.3, 0.4) is 0 Å². The van der Waals surface area contributed by atoms with E-state index in [0.717, 1.165) is 5.56 Å². The van der Waals surface area contributed by atoms with E-state index in [1.54, 1.807) is 11.0 Å². The SMILES string of the molecule is CC(C)(C)OC(=O)N1C[C@@H](O)[C@H](c2cccc(Cl)c2)C1. The summed E-state index contributed by atoms with van der Waals surface area (Å²) in [7, 11) is 0. The predicted molar refractivity (Wildman–Crippen MR) is 78.0 cm³/mol. The molecule has 1 heterocycles. The second-order valence-corrected chi connectivity index (χ2v) is 6.55. The second kappa shape index (κ2) is 5.62. The van der Waals surface area contributed by atoms with Gasteiger partial charge in [0, 0.05) is 17.5 Å². The van der Waals surface area contributed by atoms with Crippen molar-refractivity contribution in [2.75, 3.05) is 13.1 Å². The Hall–Kier alpha value is -1.26. The Morgan fingerprint density at radius 1 is 1.40 bits per heavy atom. The Morgan fingerprint density at radius 2 is 2.10 bits per heavy atom. The van der Waals surface area contributed by atoms with Crippen molar-refractivity contribution in [2.45, 2.75) is 38.4 Å². The summed E-state index contributed by atoms with van der Waals surface area (Å²) in [5.74, 6) is -0.124. The van der Waals surface area contributed by atoms with E-state index in [0.29, 0.717) is 11.6 Å². The third kappa shape index (κ3) is 3.64. The molecule has 1 aromatic carbocycles. The van der Waals surface area contributed by atoms with Crippen LogP contribution in [0.2, 0.25) is 5.02 Å². The number of hydrogen-bond acceptors (Lipinski definition) is 3. The number of β-amino-alcohol motifs (C(OH)–C–C–N with tert-alkyl or cyclic N) is 1. The van der Waals surface area contributed by atoms with E-state index in [-0.39, 0.29) is 18.6 Å². The van der Waals surface area contributed by atoms with E-state index in [2.05, 4.69) is 0 Å². The number of ether oxygens (including phenoxy) is 1. The fraction of sp³-hybridized carbons (Fsp3) is 0.533. The van der Waals surface area contributed by atoms with Crippen molar-refractivity contribution >= 4 is 17.7 Å². The third-order valence-electron chi connectivity index (χ3n) is 3.22. The number of halogens is 1. The van der Waals surface area contributed by atoms with Crippen LogP contribution in [-0.4, -0.2) is 40.9 Å². The van der Waals surface area contributed by atoms with Gasteiger partial charge >= 0.3 is 6.09 Å². The summed E-state index contributed by atoms with van der Waals surface area (Å²) in [5.41, 5.74) is 0.409. The maximum Gasteiger partial charge on any atom is 0.410 e. The third-order valence-corrected chi connectivity index (χ3v) is 3.45. The number of aliphatic hydroxyl groups excluding tert-OH is 1. The molecule has 4 nitrogen and oxygen atoms in total. The quantitative estimate of drug-likeness (QED) is 0.867. The van der Waals surface area contributed by atoms with Crippen molar-refractivity contribution in [2.24, 2.45) is 0 Å². The Balaban J connectivity index is 2.07. The van der Waals surface area contributed by atoms with E-state index in [1.165, 1.54) is 0 Å². The van der Waals surface area contributed by atoms with Crippen LogP contribution >= 0.6 is 11.6 Å². The highest BCUT2D eigenvalue weighted by molar-refractivity contribution is 6.30. The molecule has 110 valence electrons. The molecule has 0 spiro atoms. The minimum Gasteiger partial charge on any atom is -0.444 e. The van der Waals surface area contributed by atoms with Crippen LogP contribution in [0.5, 0.6) is 0 Å². The maximum atomic E-state index is 12.0. The first-order valence-corrected chi connectivity index (χ1v) is 7.05. The summed E-state index contributed by atoms with van der Waals surface area (Å²) in [4.78, 5) is 13.6. The number of amides is 1. The summed E-state index contributed by atoms with van der Waals surface area (Å²) >= 11 is 5.97. The van der Waals surface area contributed by atoms with Gasteiger partial charge in [-0.1, -0.05) is 23.7 Å². The molecule has 5 heteroatoms. The summed E-state index contributed by atoms with van der Waals surface area (Å²) < 4.78 is 5.33. The lowest BCUT2D eigenvalue weighted by Crippen LogP contribution is -2.35. The minimum atomic E-state index is -0.596. The van der Waals surface area contributed by atoms with Gasteiger partial charge in [-0.15, -0.1) is 0 Å². The molecule has 0 radical (unpaired) electrons. The number of likely N-dealkylation sites (tertiary alicyclic amines) is 1. The van der Waals surface area contributed by atoms with Gasteiger partial charge < -0.3 is 14.7 Å². The van der Waals surface area contributed by atoms with Gasteiger partial charge in [0.2, 0.25) is 0 Å². The van der Waals surface area contributed by atoms with Gasteiger partial charge in [0.1, 0.15) is 5.60 Å². The molecule has 1 amide bonds. The summed E-state index contributed by atoms with van der Waals surface area (Å²) in [6.45, 7) is 6.20. The fourth-order valence-electron chi connectivity index (χ4n) is 2.33. The number of carbonyl (C=O) groups excluding carboxylic acids is 1. The van der Waals surface area contributed by atoms with E-state index in [4.69, 9.17) is 16.3 Å². The molecule has 1 aliphatic heterocycles. The van der Waals surface area contributed by atoms with Crippen LogP contribution in [-0.2, 0) is 4.74 Å². The van der Waals surface area contributed by atoms with E-state index in [1.807, 2.05) is 39.0 Å². The lowest BCUT2D eigenvalue weighted by atomic mass is 9.96. The molecule has 0 bridgehead atoms. The van der Waals surface area contributed by atoms with Crippen LogP contribution in [0.25, 0.3) is 0 Å². The van der Waals surface area contributed by atoms with Crippen LogP contribution < -0.4 is 0 Å². The smallest absolute Gasteiger partial charge is 0.410 e. The Labute approximate surface area is 124 Å². The van der Waals surface area contributed by atoms with Gasteiger partial charge in [0.15, 0.2) is 0 Å². The topological polar surface area (TPSA) is 49.8 Å². The van der Waals surface area contributed by atoms with Gasteiger partial charge in [-0.05, 0) is 38.5 Å². The zero-order valence-electron chi connectivity index (χ0n) is 12.0. The first kappa shape index (κ1) is 15.1. The molecule has 0 aliphatic carbocycles. The Bertz CT molecular complexity index is 498. The van der Waals surface area contributed by atoms with Crippen LogP contribution in [0.4, 0.5) is 4.79 Å². The van der Waals surface area contributed by atoms with E-state index < -0.39 is 11.7 Å². The lowest BCUT2D eigenvalue weighted by molar-refractivity contribution is 0.0270. The molecule has 20 heavy (non-hydrogen) atoms. The van der Waals surface area contributed by atoms with E-state index in [9.17, 15) is 9.90 Å². The van der Waals surface area contributed by atoms with Gasteiger partial charge in [-0.3, -0.25) is 0 Å². The Morgan fingerprint density at radius 3 is 2.70 bits per heavy atom. The van der Waals surface area contributed by atoms with Crippen molar-refractivity contribution in [3.05, 3.63) is 34.9 Å². The number of nitrogens with zero attached hydrogens (tertiary/aromatic N) is 1. The lowest BCUT2D eigenvalue weighted by Gasteiger charge is -2.24. The van der Waals surface area contributed by atoms with Gasteiger partial charge in [0.25, 0.3) is 0 Å². The number of benzene rings is 1. The standard InChI is InChI=1S/C15H20ClNO3/c1-15(2,3)20-14(19)17-8-12(13(18)9-17)10-5-4-6-11(16)7-10/h4-7,12-13,18H,8-9H2,1-3H3/t12-,13+/m0/s1. The highest BCUT2D eigenvalue weighted by atomic mass is 35.5. The number of carbonyl (C=O) groups is 1. The molecule has 2 atom stereocenters. The predicted octanol–water partition coefficient (Wildman–Crippen LogP) is 3.04. The molecule has 2 rings (SSSR count). The number of hydrogen-bond donors (Lipinski definition) is 1. The molecule has 1 aromatic rings. The first-order valence-electron chi connectivity index (χ1n) is 6.68. The van der Waals surface area contributed by atoms with Gasteiger partial charge in [-0.25, -0.2) is 4.79 Å². The monoisotopic (exact) mass is 297 g/mol. The maximum absolute atomic E-state index is 12.0. The van der Waals surface area contributed by atoms with Crippen molar-refractivity contribution in [1.29, 1.82) is 0 Å².